The number of phenols is 1. The van der Waals surface area contributed by atoms with E-state index in [0.717, 1.165) is 56.4 Å². The van der Waals surface area contributed by atoms with Crippen LogP contribution in [0.3, 0.4) is 0 Å². The number of ether oxygens (including phenoxy) is 2. The summed E-state index contributed by atoms with van der Waals surface area (Å²) in [5, 5.41) is 9.75. The first-order valence-electron chi connectivity index (χ1n) is 12.2. The van der Waals surface area contributed by atoms with Crippen LogP contribution in [0.25, 0.3) is 0 Å². The van der Waals surface area contributed by atoms with Gasteiger partial charge in [-0.05, 0) is 86.7 Å². The molecule has 0 fully saturated rings. The third kappa shape index (κ3) is 7.69. The molecule has 0 aromatic heterocycles. The second-order valence-electron chi connectivity index (χ2n) is 9.59. The largest absolute Gasteiger partial charge is 0.507 e. The molecule has 191 valence electrons. The van der Waals surface area contributed by atoms with Crippen molar-refractivity contribution in [3.8, 4) is 28.7 Å². The maximum Gasteiger partial charge on any atom is 0.125 e. The first-order chi connectivity index (χ1) is 17.0. The molecule has 0 saturated carbocycles. The number of phenolic OH excluding ortho intramolecular Hbond substituents is 1. The molecular weight excluding hydrogens is 533 g/mol. The van der Waals surface area contributed by atoms with Crippen molar-refractivity contribution >= 4 is 0 Å². The molecule has 0 atom stereocenters. The zero-order valence-corrected chi connectivity index (χ0v) is 26.3. The first-order valence-corrected chi connectivity index (χ1v) is 12.2. The summed E-state index contributed by atoms with van der Waals surface area (Å²) in [5.41, 5.74) is 9.85. The van der Waals surface area contributed by atoms with Crippen molar-refractivity contribution in [3.63, 3.8) is 0 Å². The molecule has 0 aliphatic heterocycles. The van der Waals surface area contributed by atoms with Gasteiger partial charge in [-0.2, -0.15) is 36.4 Å². The van der Waals surface area contributed by atoms with Crippen molar-refractivity contribution in [2.24, 2.45) is 0 Å². The average molecular weight is 570 g/mol. The Morgan fingerprint density at radius 2 is 0.784 bits per heavy atom. The van der Waals surface area contributed by atoms with Crippen molar-refractivity contribution in [2.75, 3.05) is 0 Å². The fourth-order valence-corrected chi connectivity index (χ4v) is 4.06. The minimum absolute atomic E-state index is 0. The predicted octanol–water partition coefficient (Wildman–Crippen LogP) is 9.04. The van der Waals surface area contributed by atoms with Gasteiger partial charge in [0.05, 0.1) is 0 Å². The Kier molecular flexibility index (Phi) is 11.0. The number of aromatic hydroxyl groups is 1. The molecule has 37 heavy (non-hydrogen) atoms. The second kappa shape index (κ2) is 13.3. The number of rotatable bonds is 4. The van der Waals surface area contributed by atoms with E-state index in [4.69, 9.17) is 9.47 Å². The Morgan fingerprint density at radius 1 is 0.486 bits per heavy atom. The summed E-state index contributed by atoms with van der Waals surface area (Å²) in [4.78, 5) is 0. The third-order valence-corrected chi connectivity index (χ3v) is 6.44. The summed E-state index contributed by atoms with van der Waals surface area (Å²) in [7, 11) is 0. The first kappa shape index (κ1) is 30.6. The maximum absolute atomic E-state index is 9.75. The van der Waals surface area contributed by atoms with Gasteiger partial charge in [0.15, 0.2) is 0 Å². The van der Waals surface area contributed by atoms with Gasteiger partial charge in [0.25, 0.3) is 0 Å². The summed E-state index contributed by atoms with van der Waals surface area (Å²) in [6, 6.07) is 21.8. The van der Waals surface area contributed by atoms with Gasteiger partial charge < -0.3 is 14.6 Å². The summed E-state index contributed by atoms with van der Waals surface area (Å²) in [6.45, 7) is 18.2. The van der Waals surface area contributed by atoms with Gasteiger partial charge in [-0.3, -0.25) is 0 Å². The van der Waals surface area contributed by atoms with Gasteiger partial charge in [-0.1, -0.05) is 27.7 Å². The Bertz CT molecular complexity index is 1200. The van der Waals surface area contributed by atoms with Crippen LogP contribution in [-0.4, -0.2) is 5.11 Å². The van der Waals surface area contributed by atoms with Gasteiger partial charge in [0.2, 0.25) is 0 Å². The van der Waals surface area contributed by atoms with Gasteiger partial charge in [-0.25, -0.2) is 0 Å². The van der Waals surface area contributed by atoms with Crippen LogP contribution in [0.15, 0.2) is 48.5 Å². The molecule has 0 heterocycles. The van der Waals surface area contributed by atoms with Crippen LogP contribution in [0, 0.1) is 74.4 Å². The average Bonchev–Trinajstić information content (AvgIpc) is 2.81. The monoisotopic (exact) mass is 569 g/mol. The summed E-state index contributed by atoms with van der Waals surface area (Å²) in [6.07, 6.45) is 0. The molecule has 0 saturated heterocycles. The van der Waals surface area contributed by atoms with Gasteiger partial charge in [-0.15, -0.1) is 22.3 Å². The molecule has 4 aromatic carbocycles. The molecule has 4 aromatic rings. The van der Waals surface area contributed by atoms with Crippen LogP contribution >= 0.6 is 0 Å². The molecule has 4 heteroatoms. The molecule has 1 radical (unpaired) electrons. The minimum atomic E-state index is 0. The van der Waals surface area contributed by atoms with E-state index in [-0.39, 0.29) is 32.7 Å². The SMILES string of the molecule is Cc1cc(Oc2c(C)c[c-]cc2C)cc(C)c1C.Cc1cc(Oc2c(C)c[c-]cc2C)cc(C)c1O.[Y]. The van der Waals surface area contributed by atoms with E-state index in [1.54, 1.807) is 0 Å². The van der Waals surface area contributed by atoms with Crippen molar-refractivity contribution in [2.45, 2.75) is 62.3 Å². The molecular formula is C33H36O3Y-2. The summed E-state index contributed by atoms with van der Waals surface area (Å²) in [5.74, 6) is 3.79. The van der Waals surface area contributed by atoms with E-state index >= 15 is 0 Å². The van der Waals surface area contributed by atoms with E-state index in [0.29, 0.717) is 5.75 Å². The Labute approximate surface area is 247 Å². The van der Waals surface area contributed by atoms with Crippen LogP contribution in [0.2, 0.25) is 0 Å². The Hall–Kier alpha value is -2.62. The molecule has 0 bridgehead atoms. The van der Waals surface area contributed by atoms with E-state index in [9.17, 15) is 5.11 Å². The third-order valence-electron chi connectivity index (χ3n) is 6.44. The molecule has 0 amide bonds. The zero-order valence-electron chi connectivity index (χ0n) is 23.5. The Morgan fingerprint density at radius 3 is 1.11 bits per heavy atom. The fraction of sp³-hybridized carbons (Fsp3) is 0.273. The number of hydrogen-bond donors (Lipinski definition) is 1. The minimum Gasteiger partial charge on any atom is -0.507 e. The standard InChI is InChI=1S/C17H19O.C16H17O2.Y/c1-11-7-6-8-12(2)17(11)18-16-9-13(3)15(5)14(4)10-16;1-10-6-5-7-11(2)16(10)18-14-8-12(3)15(17)13(4)9-14;/h7-10H,1-5H3;6-9,17H,1-4H3;/q2*-1;. The molecule has 1 N–H and O–H groups in total. The van der Waals surface area contributed by atoms with E-state index in [1.165, 1.54) is 16.7 Å². The molecule has 4 rings (SSSR count). The zero-order chi connectivity index (χ0) is 26.6. The van der Waals surface area contributed by atoms with Gasteiger partial charge in [0, 0.05) is 44.2 Å². The van der Waals surface area contributed by atoms with Crippen molar-refractivity contribution < 1.29 is 47.3 Å². The molecule has 3 nitrogen and oxygen atoms in total. The van der Waals surface area contributed by atoms with Crippen LogP contribution in [-0.2, 0) is 32.7 Å². The number of benzene rings is 4. The fourth-order valence-electron chi connectivity index (χ4n) is 4.06. The van der Waals surface area contributed by atoms with Crippen molar-refractivity contribution in [1.29, 1.82) is 0 Å². The van der Waals surface area contributed by atoms with Gasteiger partial charge >= 0.3 is 0 Å². The smallest absolute Gasteiger partial charge is 0.125 e. The quantitative estimate of drug-likeness (QED) is 0.249. The predicted molar refractivity (Wildman–Crippen MR) is 148 cm³/mol. The van der Waals surface area contributed by atoms with E-state index in [1.807, 2.05) is 77.9 Å². The van der Waals surface area contributed by atoms with Crippen LogP contribution in [0.4, 0.5) is 0 Å². The van der Waals surface area contributed by atoms with Crippen molar-refractivity contribution in [1.82, 2.24) is 0 Å². The van der Waals surface area contributed by atoms with E-state index < -0.39 is 0 Å². The van der Waals surface area contributed by atoms with Gasteiger partial charge in [0.1, 0.15) is 17.2 Å². The van der Waals surface area contributed by atoms with E-state index in [2.05, 4.69) is 45.0 Å². The second-order valence-corrected chi connectivity index (χ2v) is 9.59. The van der Waals surface area contributed by atoms with Crippen LogP contribution in [0.5, 0.6) is 28.7 Å². The summed E-state index contributed by atoms with van der Waals surface area (Å²) >= 11 is 0. The molecule has 0 unspecified atom stereocenters. The van der Waals surface area contributed by atoms with Crippen molar-refractivity contribution in [3.05, 3.63) is 111 Å². The number of aryl methyl sites for hydroxylation is 8. The number of hydrogen-bond acceptors (Lipinski definition) is 3. The molecule has 0 aliphatic carbocycles. The maximum atomic E-state index is 9.75. The van der Waals surface area contributed by atoms with Crippen LogP contribution < -0.4 is 9.47 Å². The molecule has 0 aliphatic rings. The summed E-state index contributed by atoms with van der Waals surface area (Å²) < 4.78 is 12.0. The topological polar surface area (TPSA) is 38.7 Å². The normalized spacial score (nSPS) is 10.2. The Balaban J connectivity index is 0.000000253. The van der Waals surface area contributed by atoms with Crippen LogP contribution in [0.1, 0.15) is 50.1 Å². The molecule has 0 spiro atoms.